The maximum atomic E-state index is 12.4. The number of carbonyl (C=O) groups excluding carboxylic acids is 1. The minimum absolute atomic E-state index is 0.102. The van der Waals surface area contributed by atoms with Crippen LogP contribution in [0.1, 0.15) is 19.8 Å². The van der Waals surface area contributed by atoms with Gasteiger partial charge in [-0.2, -0.15) is 9.40 Å². The molecule has 2 rings (SSSR count). The third-order valence-corrected chi connectivity index (χ3v) is 4.68. The lowest BCUT2D eigenvalue weighted by Crippen LogP contribution is -2.38. The summed E-state index contributed by atoms with van der Waals surface area (Å²) in [5.41, 5.74) is 0. The van der Waals surface area contributed by atoms with Crippen LogP contribution in [0.15, 0.2) is 17.3 Å². The molecule has 0 spiro atoms. The largest absolute Gasteiger partial charge is 0.465 e. The Balaban J connectivity index is 2.21. The second kappa shape index (κ2) is 5.30. The third-order valence-electron chi connectivity index (χ3n) is 2.83. The van der Waals surface area contributed by atoms with Crippen LogP contribution < -0.4 is 0 Å². The molecule has 19 heavy (non-hydrogen) atoms. The molecule has 1 aromatic heterocycles. The first-order chi connectivity index (χ1) is 8.95. The van der Waals surface area contributed by atoms with Gasteiger partial charge in [-0.3, -0.25) is 9.48 Å². The number of rotatable bonds is 6. The number of nitrogens with zero attached hydrogens (tertiary/aromatic N) is 3. The Labute approximate surface area is 112 Å². The Morgan fingerprint density at radius 3 is 2.74 bits per heavy atom. The van der Waals surface area contributed by atoms with Crippen LogP contribution in [0.2, 0.25) is 0 Å². The van der Waals surface area contributed by atoms with Gasteiger partial charge in [-0.25, -0.2) is 8.42 Å². The van der Waals surface area contributed by atoms with Crippen molar-refractivity contribution < 1.29 is 17.9 Å². The van der Waals surface area contributed by atoms with Crippen LogP contribution in [0.3, 0.4) is 0 Å². The molecule has 0 amide bonds. The highest BCUT2D eigenvalue weighted by Gasteiger charge is 2.40. The quantitative estimate of drug-likeness (QED) is 0.695. The zero-order chi connectivity index (χ0) is 14.0. The zero-order valence-electron chi connectivity index (χ0n) is 10.9. The molecule has 0 saturated heterocycles. The fraction of sp³-hybridized carbons (Fsp3) is 0.636. The SMILES string of the molecule is CCOC(=O)CN(C1CC1)S(=O)(=O)c1cnn(C)c1. The molecule has 0 radical (unpaired) electrons. The normalized spacial score (nSPS) is 15.7. The summed E-state index contributed by atoms with van der Waals surface area (Å²) < 4.78 is 32.3. The summed E-state index contributed by atoms with van der Waals surface area (Å²) in [4.78, 5) is 11.6. The number of aromatic nitrogens is 2. The molecular weight excluding hydrogens is 270 g/mol. The Bertz CT molecular complexity index is 562. The van der Waals surface area contributed by atoms with Gasteiger partial charge in [0.1, 0.15) is 11.4 Å². The van der Waals surface area contributed by atoms with Gasteiger partial charge in [0.05, 0.1) is 12.8 Å². The summed E-state index contributed by atoms with van der Waals surface area (Å²) in [6, 6.07) is -0.102. The highest BCUT2D eigenvalue weighted by molar-refractivity contribution is 7.89. The molecule has 0 aromatic carbocycles. The minimum atomic E-state index is -3.68. The molecule has 1 heterocycles. The molecule has 1 aliphatic carbocycles. The van der Waals surface area contributed by atoms with E-state index in [0.29, 0.717) is 0 Å². The predicted molar refractivity (Wildman–Crippen MR) is 66.8 cm³/mol. The van der Waals surface area contributed by atoms with Gasteiger partial charge in [-0.1, -0.05) is 0 Å². The van der Waals surface area contributed by atoms with E-state index in [4.69, 9.17) is 4.74 Å². The van der Waals surface area contributed by atoms with Gasteiger partial charge >= 0.3 is 5.97 Å². The lowest BCUT2D eigenvalue weighted by Gasteiger charge is -2.19. The summed E-state index contributed by atoms with van der Waals surface area (Å²) in [5, 5.41) is 3.86. The van der Waals surface area contributed by atoms with Gasteiger partial charge in [-0.15, -0.1) is 0 Å². The maximum Gasteiger partial charge on any atom is 0.321 e. The van der Waals surface area contributed by atoms with Crippen LogP contribution in [-0.2, 0) is 26.6 Å². The van der Waals surface area contributed by atoms with Crippen LogP contribution in [0.5, 0.6) is 0 Å². The Morgan fingerprint density at radius 2 is 2.26 bits per heavy atom. The molecule has 1 fully saturated rings. The topological polar surface area (TPSA) is 81.5 Å². The summed E-state index contributed by atoms with van der Waals surface area (Å²) in [5.74, 6) is -0.526. The van der Waals surface area contributed by atoms with Crippen LogP contribution in [0.25, 0.3) is 0 Å². The second-order valence-corrected chi connectivity index (χ2v) is 6.33. The average molecular weight is 287 g/mol. The molecule has 0 N–H and O–H groups in total. The van der Waals surface area contributed by atoms with Gasteiger partial charge < -0.3 is 4.74 Å². The van der Waals surface area contributed by atoms with Crippen molar-refractivity contribution in [2.24, 2.45) is 7.05 Å². The first-order valence-electron chi connectivity index (χ1n) is 6.11. The molecule has 0 bridgehead atoms. The Hall–Kier alpha value is -1.41. The van der Waals surface area contributed by atoms with Crippen molar-refractivity contribution in [1.29, 1.82) is 0 Å². The molecule has 106 valence electrons. The highest BCUT2D eigenvalue weighted by Crippen LogP contribution is 2.31. The van der Waals surface area contributed by atoms with E-state index >= 15 is 0 Å². The minimum Gasteiger partial charge on any atom is -0.465 e. The standard InChI is InChI=1S/C11H17N3O4S/c1-3-18-11(15)8-14(9-4-5-9)19(16,17)10-6-12-13(2)7-10/h6-7,9H,3-5,8H2,1-2H3. The van der Waals surface area contributed by atoms with Gasteiger partial charge in [0.15, 0.2) is 0 Å². The number of esters is 1. The zero-order valence-corrected chi connectivity index (χ0v) is 11.8. The van der Waals surface area contributed by atoms with Crippen molar-refractivity contribution in [2.45, 2.75) is 30.7 Å². The molecule has 1 aliphatic rings. The highest BCUT2D eigenvalue weighted by atomic mass is 32.2. The Morgan fingerprint density at radius 1 is 1.58 bits per heavy atom. The number of hydrogen-bond donors (Lipinski definition) is 0. The van der Waals surface area contributed by atoms with E-state index < -0.39 is 16.0 Å². The van der Waals surface area contributed by atoms with E-state index in [0.717, 1.165) is 12.8 Å². The fourth-order valence-electron chi connectivity index (χ4n) is 1.77. The molecule has 7 nitrogen and oxygen atoms in total. The van der Waals surface area contributed by atoms with Crippen molar-refractivity contribution in [3.63, 3.8) is 0 Å². The summed E-state index contributed by atoms with van der Waals surface area (Å²) in [6.45, 7) is 1.69. The van der Waals surface area contributed by atoms with Gasteiger partial charge in [0.25, 0.3) is 0 Å². The number of hydrogen-bond acceptors (Lipinski definition) is 5. The van der Waals surface area contributed by atoms with E-state index in [1.54, 1.807) is 14.0 Å². The molecule has 1 aromatic rings. The van der Waals surface area contributed by atoms with Crippen molar-refractivity contribution in [3.8, 4) is 0 Å². The lowest BCUT2D eigenvalue weighted by atomic mass is 10.6. The van der Waals surface area contributed by atoms with Crippen LogP contribution in [-0.4, -0.2) is 47.7 Å². The molecule has 8 heteroatoms. The van der Waals surface area contributed by atoms with E-state index in [9.17, 15) is 13.2 Å². The smallest absolute Gasteiger partial charge is 0.321 e. The number of ether oxygens (including phenoxy) is 1. The van der Waals surface area contributed by atoms with Crippen LogP contribution >= 0.6 is 0 Å². The first kappa shape index (κ1) is 14.0. The second-order valence-electron chi connectivity index (χ2n) is 4.44. The summed E-state index contributed by atoms with van der Waals surface area (Å²) >= 11 is 0. The van der Waals surface area contributed by atoms with Gasteiger partial charge in [0.2, 0.25) is 10.0 Å². The fourth-order valence-corrected chi connectivity index (χ4v) is 3.39. The maximum absolute atomic E-state index is 12.4. The molecule has 0 atom stereocenters. The molecular formula is C11H17N3O4S. The van der Waals surface area contributed by atoms with E-state index in [1.807, 2.05) is 0 Å². The number of aryl methyl sites for hydroxylation is 1. The van der Waals surface area contributed by atoms with E-state index in [1.165, 1.54) is 21.4 Å². The lowest BCUT2D eigenvalue weighted by molar-refractivity contribution is -0.143. The monoisotopic (exact) mass is 287 g/mol. The van der Waals surface area contributed by atoms with Crippen molar-refractivity contribution in [2.75, 3.05) is 13.2 Å². The van der Waals surface area contributed by atoms with Crippen molar-refractivity contribution in [1.82, 2.24) is 14.1 Å². The van der Waals surface area contributed by atoms with E-state index in [2.05, 4.69) is 5.10 Å². The van der Waals surface area contributed by atoms with Crippen molar-refractivity contribution >= 4 is 16.0 Å². The molecule has 0 unspecified atom stereocenters. The summed E-state index contributed by atoms with van der Waals surface area (Å²) in [7, 11) is -2.04. The number of sulfonamides is 1. The Kier molecular flexibility index (Phi) is 3.91. The van der Waals surface area contributed by atoms with Crippen LogP contribution in [0.4, 0.5) is 0 Å². The van der Waals surface area contributed by atoms with Crippen LogP contribution in [0, 0.1) is 0 Å². The average Bonchev–Trinajstić information content (AvgIpc) is 3.07. The van der Waals surface area contributed by atoms with Gasteiger partial charge in [0, 0.05) is 19.3 Å². The predicted octanol–water partition coefficient (Wildman–Crippen LogP) is 0.136. The first-order valence-corrected chi connectivity index (χ1v) is 7.55. The van der Waals surface area contributed by atoms with Crippen molar-refractivity contribution in [3.05, 3.63) is 12.4 Å². The summed E-state index contributed by atoms with van der Waals surface area (Å²) in [6.07, 6.45) is 4.27. The van der Waals surface area contributed by atoms with Gasteiger partial charge in [-0.05, 0) is 19.8 Å². The third kappa shape index (κ3) is 3.13. The molecule has 1 saturated carbocycles. The number of carbonyl (C=O) groups is 1. The molecule has 0 aliphatic heterocycles. The van der Waals surface area contributed by atoms with E-state index in [-0.39, 0.29) is 24.1 Å².